The number of para-hydroxylation sites is 2. The number of carbonyl (C=O) groups is 2. The van der Waals surface area contributed by atoms with Gasteiger partial charge in [-0.15, -0.1) is 0 Å². The maximum absolute atomic E-state index is 13.0. The van der Waals surface area contributed by atoms with Crippen molar-refractivity contribution in [1.29, 1.82) is 5.26 Å². The highest BCUT2D eigenvalue weighted by Gasteiger charge is 2.19. The average Bonchev–Trinajstić information content (AvgIpc) is 2.92. The van der Waals surface area contributed by atoms with Gasteiger partial charge in [0.25, 0.3) is 11.6 Å². The van der Waals surface area contributed by atoms with E-state index in [9.17, 15) is 25.0 Å². The van der Waals surface area contributed by atoms with E-state index in [0.717, 1.165) is 10.8 Å². The van der Waals surface area contributed by atoms with Gasteiger partial charge in [0.1, 0.15) is 17.3 Å². The number of esters is 1. The number of fused-ring (bicyclic) bond motifs is 1. The van der Waals surface area contributed by atoms with Gasteiger partial charge in [-0.2, -0.15) is 5.26 Å². The lowest BCUT2D eigenvalue weighted by Crippen LogP contribution is -2.14. The molecule has 1 amide bonds. The Labute approximate surface area is 217 Å². The topological polar surface area (TPSA) is 132 Å². The van der Waals surface area contributed by atoms with E-state index < -0.39 is 16.8 Å². The van der Waals surface area contributed by atoms with Crippen LogP contribution in [0, 0.1) is 21.4 Å². The van der Waals surface area contributed by atoms with E-state index in [0.29, 0.717) is 11.1 Å². The molecule has 0 atom stereocenters. The van der Waals surface area contributed by atoms with Crippen LogP contribution >= 0.6 is 0 Å². The summed E-state index contributed by atoms with van der Waals surface area (Å²) in [6.45, 7) is 2.04. The van der Waals surface area contributed by atoms with Crippen LogP contribution in [0.5, 0.6) is 11.5 Å². The average molecular weight is 508 g/mol. The number of hydrogen-bond donors (Lipinski definition) is 1. The molecule has 4 rings (SSSR count). The van der Waals surface area contributed by atoms with Gasteiger partial charge in [0.2, 0.25) is 0 Å². The Morgan fingerprint density at radius 1 is 1.00 bits per heavy atom. The van der Waals surface area contributed by atoms with Gasteiger partial charge in [-0.1, -0.05) is 54.6 Å². The molecule has 0 fully saturated rings. The standard InChI is InChI=1S/C29H21N3O6/c1-2-37-27-17-19(16-21(18-30)28(33)31-24-12-5-6-13-25(24)32(35)36)14-15-26(27)38-29(34)23-11-7-9-20-8-3-4-10-22(20)23/h3-17H,2H2,1H3,(H,31,33). The summed E-state index contributed by atoms with van der Waals surface area (Å²) in [7, 11) is 0. The van der Waals surface area contributed by atoms with Gasteiger partial charge in [0.15, 0.2) is 11.5 Å². The van der Waals surface area contributed by atoms with Crippen molar-refractivity contribution >= 4 is 40.1 Å². The maximum atomic E-state index is 13.0. The lowest BCUT2D eigenvalue weighted by Gasteiger charge is -2.12. The second-order valence-corrected chi connectivity index (χ2v) is 7.95. The molecule has 0 saturated heterocycles. The van der Waals surface area contributed by atoms with Gasteiger partial charge in [-0.25, -0.2) is 4.79 Å². The third-order valence-corrected chi connectivity index (χ3v) is 5.50. The Morgan fingerprint density at radius 2 is 1.74 bits per heavy atom. The van der Waals surface area contributed by atoms with Gasteiger partial charge < -0.3 is 14.8 Å². The molecule has 9 nitrogen and oxygen atoms in total. The van der Waals surface area contributed by atoms with E-state index in [1.54, 1.807) is 25.1 Å². The van der Waals surface area contributed by atoms with Crippen LogP contribution in [0.15, 0.2) is 90.5 Å². The van der Waals surface area contributed by atoms with E-state index in [4.69, 9.17) is 9.47 Å². The van der Waals surface area contributed by atoms with Crippen LogP contribution in [0.4, 0.5) is 11.4 Å². The molecule has 0 aromatic heterocycles. The predicted octanol–water partition coefficient (Wildman–Crippen LogP) is 5.91. The number of nitro groups is 1. The fraction of sp³-hybridized carbons (Fsp3) is 0.0690. The van der Waals surface area contributed by atoms with Crippen LogP contribution in [-0.2, 0) is 4.79 Å². The maximum Gasteiger partial charge on any atom is 0.344 e. The third-order valence-electron chi connectivity index (χ3n) is 5.50. The molecule has 188 valence electrons. The number of benzene rings is 4. The highest BCUT2D eigenvalue weighted by Crippen LogP contribution is 2.31. The Hall–Kier alpha value is -5.49. The number of ether oxygens (including phenoxy) is 2. The quantitative estimate of drug-likeness (QED) is 0.0783. The minimum Gasteiger partial charge on any atom is -0.490 e. The van der Waals surface area contributed by atoms with Crippen molar-refractivity contribution in [1.82, 2.24) is 0 Å². The Kier molecular flexibility index (Phi) is 7.74. The first-order valence-electron chi connectivity index (χ1n) is 11.5. The van der Waals surface area contributed by atoms with E-state index in [2.05, 4.69) is 5.32 Å². The van der Waals surface area contributed by atoms with E-state index >= 15 is 0 Å². The van der Waals surface area contributed by atoms with Crippen molar-refractivity contribution in [3.05, 3.63) is 112 Å². The molecule has 0 spiro atoms. The number of carbonyl (C=O) groups excluding carboxylic acids is 2. The SMILES string of the molecule is CCOc1cc(C=C(C#N)C(=O)Nc2ccccc2[N+](=O)[O-])ccc1OC(=O)c1cccc2ccccc12. The highest BCUT2D eigenvalue weighted by atomic mass is 16.6. The molecule has 0 radical (unpaired) electrons. The normalized spacial score (nSPS) is 10.9. The number of nitrogens with one attached hydrogen (secondary N) is 1. The van der Waals surface area contributed by atoms with Crippen molar-refractivity contribution in [3.8, 4) is 17.6 Å². The zero-order chi connectivity index (χ0) is 27.1. The van der Waals surface area contributed by atoms with Crippen LogP contribution < -0.4 is 14.8 Å². The third kappa shape index (κ3) is 5.66. The molecular weight excluding hydrogens is 486 g/mol. The van der Waals surface area contributed by atoms with Gasteiger partial charge in [0.05, 0.1) is 17.1 Å². The van der Waals surface area contributed by atoms with Gasteiger partial charge in [-0.05, 0) is 53.6 Å². The fourth-order valence-corrected chi connectivity index (χ4v) is 3.77. The second-order valence-electron chi connectivity index (χ2n) is 7.95. The molecule has 0 bridgehead atoms. The summed E-state index contributed by atoms with van der Waals surface area (Å²) in [4.78, 5) is 36.3. The largest absolute Gasteiger partial charge is 0.490 e. The summed E-state index contributed by atoms with van der Waals surface area (Å²) in [5.41, 5.74) is 0.204. The van der Waals surface area contributed by atoms with Crippen LogP contribution in [-0.4, -0.2) is 23.4 Å². The number of rotatable bonds is 8. The van der Waals surface area contributed by atoms with Crippen molar-refractivity contribution in [3.63, 3.8) is 0 Å². The summed E-state index contributed by atoms with van der Waals surface area (Å²) >= 11 is 0. The molecule has 0 aliphatic carbocycles. The molecule has 38 heavy (non-hydrogen) atoms. The minimum atomic E-state index is -0.814. The van der Waals surface area contributed by atoms with Crippen molar-refractivity contribution < 1.29 is 24.0 Å². The van der Waals surface area contributed by atoms with Crippen molar-refractivity contribution in [2.45, 2.75) is 6.92 Å². The van der Waals surface area contributed by atoms with E-state index in [-0.39, 0.29) is 35.1 Å². The number of amides is 1. The summed E-state index contributed by atoms with van der Waals surface area (Å²) in [5.74, 6) is -0.963. The van der Waals surface area contributed by atoms with Crippen LogP contribution in [0.3, 0.4) is 0 Å². The summed E-state index contributed by atoms with van der Waals surface area (Å²) in [5, 5.41) is 24.8. The summed E-state index contributed by atoms with van der Waals surface area (Å²) in [6.07, 6.45) is 1.31. The monoisotopic (exact) mass is 507 g/mol. The molecule has 4 aromatic carbocycles. The molecule has 0 aliphatic heterocycles. The molecule has 0 heterocycles. The van der Waals surface area contributed by atoms with E-state index in [1.807, 2.05) is 36.4 Å². The molecular formula is C29H21N3O6. The molecule has 0 aliphatic rings. The Balaban J connectivity index is 1.60. The molecule has 0 saturated carbocycles. The highest BCUT2D eigenvalue weighted by molar-refractivity contribution is 6.10. The van der Waals surface area contributed by atoms with Gasteiger partial charge in [0, 0.05) is 6.07 Å². The van der Waals surface area contributed by atoms with Crippen molar-refractivity contribution in [2.75, 3.05) is 11.9 Å². The number of anilines is 1. The molecule has 4 aromatic rings. The Morgan fingerprint density at radius 3 is 2.50 bits per heavy atom. The molecule has 0 unspecified atom stereocenters. The van der Waals surface area contributed by atoms with Crippen LogP contribution in [0.1, 0.15) is 22.8 Å². The lowest BCUT2D eigenvalue weighted by atomic mass is 10.0. The smallest absolute Gasteiger partial charge is 0.344 e. The molecule has 1 N–H and O–H groups in total. The zero-order valence-corrected chi connectivity index (χ0v) is 20.2. The van der Waals surface area contributed by atoms with Crippen LogP contribution in [0.2, 0.25) is 0 Å². The number of nitro benzene ring substituents is 1. The Bertz CT molecular complexity index is 1620. The summed E-state index contributed by atoms with van der Waals surface area (Å²) in [6, 6.07) is 24.8. The number of hydrogen-bond acceptors (Lipinski definition) is 7. The minimum absolute atomic E-state index is 0.0330. The van der Waals surface area contributed by atoms with E-state index in [1.165, 1.54) is 42.5 Å². The number of nitriles is 1. The van der Waals surface area contributed by atoms with Gasteiger partial charge in [-0.3, -0.25) is 14.9 Å². The predicted molar refractivity (Wildman–Crippen MR) is 142 cm³/mol. The van der Waals surface area contributed by atoms with Crippen molar-refractivity contribution in [2.24, 2.45) is 0 Å². The van der Waals surface area contributed by atoms with Crippen LogP contribution in [0.25, 0.3) is 16.8 Å². The second kappa shape index (κ2) is 11.5. The fourth-order valence-electron chi connectivity index (χ4n) is 3.77. The van der Waals surface area contributed by atoms with Gasteiger partial charge >= 0.3 is 5.97 Å². The lowest BCUT2D eigenvalue weighted by molar-refractivity contribution is -0.383. The first kappa shape index (κ1) is 25.6. The number of nitrogens with zero attached hydrogens (tertiary/aromatic N) is 2. The first-order chi connectivity index (χ1) is 18.4. The first-order valence-corrected chi connectivity index (χ1v) is 11.5. The summed E-state index contributed by atoms with van der Waals surface area (Å²) < 4.78 is 11.3. The molecule has 9 heteroatoms. The zero-order valence-electron chi connectivity index (χ0n) is 20.2.